The molecule has 56 valence electrons. The molecule has 0 amide bonds. The number of rotatable bonds is 1. The summed E-state index contributed by atoms with van der Waals surface area (Å²) in [6, 6.07) is 0. The lowest BCUT2D eigenvalue weighted by Gasteiger charge is -2.18. The predicted octanol–water partition coefficient (Wildman–Crippen LogP) is -0.000300. The Labute approximate surface area is 60.5 Å². The zero-order valence-electron chi connectivity index (χ0n) is 6.11. The van der Waals surface area contributed by atoms with Crippen LogP contribution in [0.15, 0.2) is 11.9 Å². The zero-order valence-corrected chi connectivity index (χ0v) is 6.11. The van der Waals surface area contributed by atoms with Crippen molar-refractivity contribution in [2.45, 2.75) is 13.3 Å². The van der Waals surface area contributed by atoms with Gasteiger partial charge >= 0.3 is 0 Å². The molecular formula is C7H12N2O. The van der Waals surface area contributed by atoms with Gasteiger partial charge in [0.1, 0.15) is 5.82 Å². The van der Waals surface area contributed by atoms with Crippen LogP contribution in [0.5, 0.6) is 0 Å². The standard InChI is InChI=1S/C7H12N2O/c1-6(10)5-7-8-3-2-4-9-7/h5,8-9H,2-4H2,1H3. The Balaban J connectivity index is 2.45. The van der Waals surface area contributed by atoms with E-state index in [-0.39, 0.29) is 5.78 Å². The molecular weight excluding hydrogens is 128 g/mol. The van der Waals surface area contributed by atoms with Crippen molar-refractivity contribution < 1.29 is 4.79 Å². The van der Waals surface area contributed by atoms with Crippen molar-refractivity contribution in [3.8, 4) is 0 Å². The summed E-state index contributed by atoms with van der Waals surface area (Å²) in [5.74, 6) is 0.940. The molecule has 0 aromatic carbocycles. The molecule has 0 aromatic heterocycles. The summed E-state index contributed by atoms with van der Waals surface area (Å²) in [5.41, 5.74) is 0. The van der Waals surface area contributed by atoms with Gasteiger partial charge in [0.25, 0.3) is 0 Å². The highest BCUT2D eigenvalue weighted by atomic mass is 16.1. The van der Waals surface area contributed by atoms with Gasteiger partial charge in [0.15, 0.2) is 5.78 Å². The van der Waals surface area contributed by atoms with Gasteiger partial charge in [-0.05, 0) is 13.3 Å². The summed E-state index contributed by atoms with van der Waals surface area (Å²) in [4.78, 5) is 10.6. The van der Waals surface area contributed by atoms with Crippen LogP contribution in [0.2, 0.25) is 0 Å². The topological polar surface area (TPSA) is 41.1 Å². The molecule has 1 fully saturated rings. The number of ketones is 1. The van der Waals surface area contributed by atoms with E-state index in [9.17, 15) is 4.79 Å². The molecule has 0 unspecified atom stereocenters. The van der Waals surface area contributed by atoms with E-state index in [4.69, 9.17) is 0 Å². The van der Waals surface area contributed by atoms with Gasteiger partial charge in [-0.1, -0.05) is 0 Å². The maximum Gasteiger partial charge on any atom is 0.156 e. The molecule has 10 heavy (non-hydrogen) atoms. The van der Waals surface area contributed by atoms with Crippen molar-refractivity contribution in [1.29, 1.82) is 0 Å². The second-order valence-electron chi connectivity index (χ2n) is 2.38. The van der Waals surface area contributed by atoms with Crippen molar-refractivity contribution in [1.82, 2.24) is 10.6 Å². The van der Waals surface area contributed by atoms with Gasteiger partial charge in [0.05, 0.1) is 0 Å². The SMILES string of the molecule is CC(=O)C=C1NCCCN1. The van der Waals surface area contributed by atoms with Crippen LogP contribution < -0.4 is 10.6 Å². The molecule has 1 rings (SSSR count). The van der Waals surface area contributed by atoms with E-state index in [1.54, 1.807) is 13.0 Å². The number of allylic oxidation sites excluding steroid dienone is 1. The third-order valence-electron chi connectivity index (χ3n) is 1.33. The lowest BCUT2D eigenvalue weighted by atomic mass is 10.3. The highest BCUT2D eigenvalue weighted by molar-refractivity contribution is 5.87. The van der Waals surface area contributed by atoms with Gasteiger partial charge in [-0.3, -0.25) is 4.79 Å². The molecule has 3 heteroatoms. The summed E-state index contributed by atoms with van der Waals surface area (Å²) in [6.45, 7) is 3.48. The van der Waals surface area contributed by atoms with Crippen molar-refractivity contribution in [3.05, 3.63) is 11.9 Å². The van der Waals surface area contributed by atoms with E-state index in [2.05, 4.69) is 10.6 Å². The third kappa shape index (κ3) is 2.09. The van der Waals surface area contributed by atoms with Crippen LogP contribution in [-0.2, 0) is 4.79 Å². The first-order valence-corrected chi connectivity index (χ1v) is 3.49. The fourth-order valence-electron chi connectivity index (χ4n) is 0.902. The molecule has 0 bridgehead atoms. The van der Waals surface area contributed by atoms with Crippen LogP contribution in [-0.4, -0.2) is 18.9 Å². The number of hydrogen-bond acceptors (Lipinski definition) is 3. The summed E-state index contributed by atoms with van der Waals surface area (Å²) in [7, 11) is 0. The van der Waals surface area contributed by atoms with E-state index < -0.39 is 0 Å². The maximum absolute atomic E-state index is 10.6. The van der Waals surface area contributed by atoms with Crippen LogP contribution >= 0.6 is 0 Å². The molecule has 1 aliphatic heterocycles. The highest BCUT2D eigenvalue weighted by Crippen LogP contribution is 1.91. The van der Waals surface area contributed by atoms with Crippen LogP contribution in [0.1, 0.15) is 13.3 Å². The monoisotopic (exact) mass is 140 g/mol. The molecule has 0 saturated carbocycles. The molecule has 1 aliphatic rings. The van der Waals surface area contributed by atoms with Gasteiger partial charge in [-0.15, -0.1) is 0 Å². The first kappa shape index (κ1) is 7.12. The fraction of sp³-hybridized carbons (Fsp3) is 0.571. The van der Waals surface area contributed by atoms with Crippen molar-refractivity contribution in [3.63, 3.8) is 0 Å². The first-order chi connectivity index (χ1) is 4.79. The number of hydrogen-bond donors (Lipinski definition) is 2. The summed E-state index contributed by atoms with van der Waals surface area (Å²) in [6.07, 6.45) is 2.70. The van der Waals surface area contributed by atoms with Crippen molar-refractivity contribution >= 4 is 5.78 Å². The first-order valence-electron chi connectivity index (χ1n) is 3.49. The fourth-order valence-corrected chi connectivity index (χ4v) is 0.902. The van der Waals surface area contributed by atoms with Crippen molar-refractivity contribution in [2.24, 2.45) is 0 Å². The molecule has 0 aromatic rings. The van der Waals surface area contributed by atoms with Gasteiger partial charge in [-0.25, -0.2) is 0 Å². The van der Waals surface area contributed by atoms with Gasteiger partial charge in [0, 0.05) is 19.2 Å². The minimum absolute atomic E-state index is 0.0805. The molecule has 0 radical (unpaired) electrons. The Bertz CT molecular complexity index is 155. The molecule has 2 N–H and O–H groups in total. The second kappa shape index (κ2) is 3.25. The number of carbonyl (C=O) groups is 1. The van der Waals surface area contributed by atoms with E-state index in [0.29, 0.717) is 0 Å². The van der Waals surface area contributed by atoms with E-state index in [0.717, 1.165) is 25.3 Å². The largest absolute Gasteiger partial charge is 0.372 e. The number of nitrogens with one attached hydrogen (secondary N) is 2. The molecule has 0 aliphatic carbocycles. The summed E-state index contributed by atoms with van der Waals surface area (Å²) >= 11 is 0. The minimum Gasteiger partial charge on any atom is -0.372 e. The Morgan fingerprint density at radius 1 is 1.50 bits per heavy atom. The summed E-state index contributed by atoms with van der Waals surface area (Å²) in [5, 5.41) is 6.16. The smallest absolute Gasteiger partial charge is 0.156 e. The maximum atomic E-state index is 10.6. The minimum atomic E-state index is 0.0805. The quantitative estimate of drug-likeness (QED) is 0.504. The number of carbonyl (C=O) groups excluding carboxylic acids is 1. The van der Waals surface area contributed by atoms with Gasteiger partial charge in [-0.2, -0.15) is 0 Å². The third-order valence-corrected chi connectivity index (χ3v) is 1.33. The normalized spacial score (nSPS) is 17.1. The Hall–Kier alpha value is -0.990. The molecule has 1 saturated heterocycles. The lowest BCUT2D eigenvalue weighted by molar-refractivity contribution is -0.112. The van der Waals surface area contributed by atoms with Gasteiger partial charge in [0.2, 0.25) is 0 Å². The molecule has 0 atom stereocenters. The molecule has 3 nitrogen and oxygen atoms in total. The summed E-state index contributed by atoms with van der Waals surface area (Å²) < 4.78 is 0. The van der Waals surface area contributed by atoms with Crippen LogP contribution in [0.3, 0.4) is 0 Å². The lowest BCUT2D eigenvalue weighted by Crippen LogP contribution is -2.35. The second-order valence-corrected chi connectivity index (χ2v) is 2.38. The Morgan fingerprint density at radius 3 is 2.60 bits per heavy atom. The van der Waals surface area contributed by atoms with Crippen LogP contribution in [0.25, 0.3) is 0 Å². The zero-order chi connectivity index (χ0) is 7.40. The van der Waals surface area contributed by atoms with Crippen molar-refractivity contribution in [2.75, 3.05) is 13.1 Å². The molecule has 1 heterocycles. The van der Waals surface area contributed by atoms with Crippen LogP contribution in [0.4, 0.5) is 0 Å². The average Bonchev–Trinajstić information content (AvgIpc) is 1.88. The average molecular weight is 140 g/mol. The van der Waals surface area contributed by atoms with Crippen LogP contribution in [0, 0.1) is 0 Å². The Kier molecular flexibility index (Phi) is 2.31. The Morgan fingerprint density at radius 2 is 2.10 bits per heavy atom. The van der Waals surface area contributed by atoms with E-state index in [1.807, 2.05) is 0 Å². The predicted molar refractivity (Wildman–Crippen MR) is 39.4 cm³/mol. The van der Waals surface area contributed by atoms with E-state index in [1.165, 1.54) is 0 Å². The van der Waals surface area contributed by atoms with E-state index >= 15 is 0 Å². The highest BCUT2D eigenvalue weighted by Gasteiger charge is 2.01. The van der Waals surface area contributed by atoms with Gasteiger partial charge < -0.3 is 10.6 Å². The molecule has 0 spiro atoms.